The highest BCUT2D eigenvalue weighted by molar-refractivity contribution is 5.95. The van der Waals surface area contributed by atoms with Crippen LogP contribution in [0.15, 0.2) is 53.7 Å². The van der Waals surface area contributed by atoms with Gasteiger partial charge in [0.05, 0.1) is 26.9 Å². The number of hydrogen-bond donors (Lipinski definition) is 2. The third kappa shape index (κ3) is 3.65. The number of aromatic nitrogens is 3. The Kier molecular flexibility index (Phi) is 5.24. The van der Waals surface area contributed by atoms with Crippen LogP contribution >= 0.6 is 0 Å². The highest BCUT2D eigenvalue weighted by atomic mass is 16.5. The molecule has 160 valence electrons. The minimum Gasteiger partial charge on any atom is -0.497 e. The van der Waals surface area contributed by atoms with Crippen LogP contribution in [0.5, 0.6) is 17.2 Å². The van der Waals surface area contributed by atoms with E-state index in [0.717, 1.165) is 5.56 Å². The topological polar surface area (TPSA) is 114 Å². The van der Waals surface area contributed by atoms with Crippen molar-refractivity contribution in [2.75, 3.05) is 26.6 Å². The Bertz CT molecular complexity index is 1160. The van der Waals surface area contributed by atoms with Crippen molar-refractivity contribution in [3.8, 4) is 28.6 Å². The summed E-state index contributed by atoms with van der Waals surface area (Å²) in [6, 6.07) is 12.3. The molecule has 1 aromatic heterocycles. The highest BCUT2D eigenvalue weighted by Gasteiger charge is 2.33. The number of rotatable bonds is 6. The molecular formula is C22H23N5O4. The molecule has 4 rings (SSSR count). The largest absolute Gasteiger partial charge is 0.497 e. The summed E-state index contributed by atoms with van der Waals surface area (Å²) in [7, 11) is 4.75. The lowest BCUT2D eigenvalue weighted by molar-refractivity contribution is -0.115. The van der Waals surface area contributed by atoms with Crippen molar-refractivity contribution in [1.82, 2.24) is 14.8 Å². The molecule has 31 heavy (non-hydrogen) atoms. The van der Waals surface area contributed by atoms with Crippen molar-refractivity contribution in [3.63, 3.8) is 0 Å². The van der Waals surface area contributed by atoms with Crippen LogP contribution in [0.3, 0.4) is 0 Å². The maximum atomic E-state index is 12.4. The van der Waals surface area contributed by atoms with Gasteiger partial charge in [0.1, 0.15) is 23.3 Å². The third-order valence-electron chi connectivity index (χ3n) is 5.14. The summed E-state index contributed by atoms with van der Waals surface area (Å²) in [5, 5.41) is 7.84. The number of carbonyl (C=O) groups is 1. The first-order chi connectivity index (χ1) is 14.9. The number of allylic oxidation sites excluding steroid dienone is 1. The molecule has 2 aromatic carbocycles. The number of hydrogen-bond acceptors (Lipinski definition) is 7. The molecule has 0 aliphatic carbocycles. The van der Waals surface area contributed by atoms with E-state index in [1.165, 1.54) is 0 Å². The van der Waals surface area contributed by atoms with E-state index in [1.807, 2.05) is 36.4 Å². The maximum absolute atomic E-state index is 12.4. The second-order valence-corrected chi connectivity index (χ2v) is 7.01. The van der Waals surface area contributed by atoms with Gasteiger partial charge in [-0.3, -0.25) is 4.79 Å². The number of ether oxygens (including phenoxy) is 3. The number of benzene rings is 2. The monoisotopic (exact) mass is 421 g/mol. The van der Waals surface area contributed by atoms with E-state index in [-0.39, 0.29) is 0 Å². The van der Waals surface area contributed by atoms with Gasteiger partial charge >= 0.3 is 0 Å². The zero-order valence-electron chi connectivity index (χ0n) is 17.7. The molecule has 1 amide bonds. The van der Waals surface area contributed by atoms with E-state index in [0.29, 0.717) is 45.9 Å². The van der Waals surface area contributed by atoms with Crippen molar-refractivity contribution in [2.45, 2.75) is 13.0 Å². The lowest BCUT2D eigenvalue weighted by atomic mass is 9.95. The van der Waals surface area contributed by atoms with Crippen molar-refractivity contribution >= 4 is 11.9 Å². The highest BCUT2D eigenvalue weighted by Crippen LogP contribution is 2.37. The standard InChI is InChI=1S/C22H23N5O4/c1-12-18(20(23)28)19(13-6-5-7-15(8-13)29-2)27-22(24-12)25-21(26-27)14-9-16(30-3)11-17(10-14)31-4/h5-11,19H,1-4H3,(H2,23,28)(H,24,25,26)/t19-/m0/s1. The Hall–Kier alpha value is -4.01. The number of anilines is 1. The zero-order chi connectivity index (χ0) is 22.1. The van der Waals surface area contributed by atoms with E-state index in [9.17, 15) is 4.79 Å². The average Bonchev–Trinajstić information content (AvgIpc) is 3.21. The Morgan fingerprint density at radius 2 is 1.71 bits per heavy atom. The van der Waals surface area contributed by atoms with E-state index in [2.05, 4.69) is 10.3 Å². The molecule has 1 aliphatic rings. The normalized spacial score (nSPS) is 15.2. The molecular weight excluding hydrogens is 398 g/mol. The molecule has 2 heterocycles. The molecule has 9 heteroatoms. The van der Waals surface area contributed by atoms with Gasteiger partial charge in [0.15, 0.2) is 5.82 Å². The van der Waals surface area contributed by atoms with Gasteiger partial charge in [-0.05, 0) is 36.8 Å². The van der Waals surface area contributed by atoms with Crippen LogP contribution in [0, 0.1) is 0 Å². The summed E-state index contributed by atoms with van der Waals surface area (Å²) in [5.41, 5.74) is 8.28. The van der Waals surface area contributed by atoms with Crippen LogP contribution in [-0.4, -0.2) is 42.0 Å². The maximum Gasteiger partial charge on any atom is 0.248 e. The van der Waals surface area contributed by atoms with Gasteiger partial charge < -0.3 is 25.3 Å². The first-order valence-corrected chi connectivity index (χ1v) is 9.56. The number of methoxy groups -OCH3 is 3. The molecule has 0 spiro atoms. The average molecular weight is 421 g/mol. The first kappa shape index (κ1) is 20.3. The first-order valence-electron chi connectivity index (χ1n) is 9.56. The Balaban J connectivity index is 1.88. The second-order valence-electron chi connectivity index (χ2n) is 7.01. The molecule has 1 atom stereocenters. The van der Waals surface area contributed by atoms with Gasteiger partial charge in [-0.15, -0.1) is 5.10 Å². The second kappa shape index (κ2) is 8.02. The van der Waals surface area contributed by atoms with Gasteiger partial charge in [0.2, 0.25) is 11.9 Å². The molecule has 0 saturated heterocycles. The zero-order valence-corrected chi connectivity index (χ0v) is 17.7. The Morgan fingerprint density at radius 1 is 1.03 bits per heavy atom. The van der Waals surface area contributed by atoms with Crippen molar-refractivity contribution in [1.29, 1.82) is 0 Å². The summed E-state index contributed by atoms with van der Waals surface area (Å²) >= 11 is 0. The van der Waals surface area contributed by atoms with E-state index < -0.39 is 11.9 Å². The van der Waals surface area contributed by atoms with Crippen molar-refractivity contribution < 1.29 is 19.0 Å². The number of nitrogens with zero attached hydrogens (tertiary/aromatic N) is 3. The lowest BCUT2D eigenvalue weighted by Crippen LogP contribution is -2.31. The third-order valence-corrected chi connectivity index (χ3v) is 5.14. The molecule has 0 unspecified atom stereocenters. The smallest absolute Gasteiger partial charge is 0.248 e. The van der Waals surface area contributed by atoms with Crippen molar-refractivity contribution in [2.24, 2.45) is 5.73 Å². The fourth-order valence-electron chi connectivity index (χ4n) is 3.65. The number of nitrogens with one attached hydrogen (secondary N) is 1. The molecule has 3 aromatic rings. The number of primary amides is 1. The summed E-state index contributed by atoms with van der Waals surface area (Å²) < 4.78 is 17.7. The van der Waals surface area contributed by atoms with Gasteiger partial charge in [-0.25, -0.2) is 4.68 Å². The number of amides is 1. The molecule has 1 aliphatic heterocycles. The predicted molar refractivity (Wildman–Crippen MR) is 115 cm³/mol. The number of fused-ring (bicyclic) bond motifs is 1. The van der Waals surface area contributed by atoms with Crippen molar-refractivity contribution in [3.05, 3.63) is 59.3 Å². The van der Waals surface area contributed by atoms with Gasteiger partial charge in [0.25, 0.3) is 0 Å². The molecule has 3 N–H and O–H groups in total. The van der Waals surface area contributed by atoms with Crippen LogP contribution < -0.4 is 25.3 Å². The van der Waals surface area contributed by atoms with Crippen LogP contribution in [0.25, 0.3) is 11.4 Å². The van der Waals surface area contributed by atoms with Crippen LogP contribution in [0.1, 0.15) is 18.5 Å². The summed E-state index contributed by atoms with van der Waals surface area (Å²) in [6.07, 6.45) is 0. The molecule has 0 radical (unpaired) electrons. The molecule has 9 nitrogen and oxygen atoms in total. The van der Waals surface area contributed by atoms with E-state index in [1.54, 1.807) is 39.0 Å². The number of nitrogens with two attached hydrogens (primary N) is 1. The summed E-state index contributed by atoms with van der Waals surface area (Å²) in [6.45, 7) is 1.79. The molecule has 0 saturated carbocycles. The summed E-state index contributed by atoms with van der Waals surface area (Å²) in [5.74, 6) is 2.30. The number of carbonyl (C=O) groups excluding carboxylic acids is 1. The predicted octanol–water partition coefficient (Wildman–Crippen LogP) is 2.75. The van der Waals surface area contributed by atoms with Crippen LogP contribution in [0.2, 0.25) is 0 Å². The van der Waals surface area contributed by atoms with Gasteiger partial charge in [-0.1, -0.05) is 12.1 Å². The van der Waals surface area contributed by atoms with Crippen LogP contribution in [-0.2, 0) is 4.79 Å². The molecule has 0 bridgehead atoms. The molecule has 0 fully saturated rings. The van der Waals surface area contributed by atoms with E-state index >= 15 is 0 Å². The van der Waals surface area contributed by atoms with Gasteiger partial charge in [0, 0.05) is 17.3 Å². The van der Waals surface area contributed by atoms with E-state index in [4.69, 9.17) is 25.0 Å². The summed E-state index contributed by atoms with van der Waals surface area (Å²) in [4.78, 5) is 17.0. The Labute approximate surface area is 179 Å². The lowest BCUT2D eigenvalue weighted by Gasteiger charge is -2.27. The quantitative estimate of drug-likeness (QED) is 0.629. The minimum absolute atomic E-state index is 0.403. The Morgan fingerprint density at radius 3 is 2.32 bits per heavy atom. The van der Waals surface area contributed by atoms with Gasteiger partial charge in [-0.2, -0.15) is 4.98 Å². The minimum atomic E-state index is -0.558. The fraction of sp³-hybridized carbons (Fsp3) is 0.227. The SMILES string of the molecule is COc1cc(OC)cc(-c2nc3n(n2)[C@@H](c2cccc(OC)c2)C(C(N)=O)=C(C)N3)c1. The fourth-order valence-corrected chi connectivity index (χ4v) is 3.65. The van der Waals surface area contributed by atoms with Crippen LogP contribution in [0.4, 0.5) is 5.95 Å².